The predicted molar refractivity (Wildman–Crippen MR) is 70.3 cm³/mol. The quantitative estimate of drug-likeness (QED) is 0.878. The minimum absolute atomic E-state index is 0.00934. The van der Waals surface area contributed by atoms with Gasteiger partial charge in [0, 0.05) is 19.0 Å². The fourth-order valence-corrected chi connectivity index (χ4v) is 2.40. The summed E-state index contributed by atoms with van der Waals surface area (Å²) in [6.07, 6.45) is -1.62. The van der Waals surface area contributed by atoms with Crippen molar-refractivity contribution in [1.29, 1.82) is 0 Å². The number of rotatable bonds is 2. The Labute approximate surface area is 120 Å². The second-order valence-electron chi connectivity index (χ2n) is 4.64. The zero-order valence-corrected chi connectivity index (χ0v) is 11.4. The summed E-state index contributed by atoms with van der Waals surface area (Å²) in [6.45, 7) is 0.301. The molecule has 0 aromatic heterocycles. The largest absolute Gasteiger partial charge is 0.465 e. The van der Waals surface area contributed by atoms with Crippen LogP contribution in [-0.4, -0.2) is 47.5 Å². The Balaban J connectivity index is 2.24. The molecule has 110 valence electrons. The van der Waals surface area contributed by atoms with Crippen LogP contribution in [0.1, 0.15) is 11.7 Å². The molecule has 0 aliphatic carbocycles. The molecule has 2 rings (SSSR count). The molecule has 1 unspecified atom stereocenters. The van der Waals surface area contributed by atoms with Crippen molar-refractivity contribution in [2.24, 2.45) is 5.92 Å². The lowest BCUT2D eigenvalue weighted by molar-refractivity contribution is 0.0112. The SMILES string of the molecule is O=C(O)N1CCOC(c2ccc(Cl)c(F)c2)[C@@H](CO)C1. The van der Waals surface area contributed by atoms with Crippen LogP contribution in [0, 0.1) is 11.7 Å². The van der Waals surface area contributed by atoms with E-state index in [-0.39, 0.29) is 31.3 Å². The van der Waals surface area contributed by atoms with Crippen molar-refractivity contribution >= 4 is 17.7 Å². The lowest BCUT2D eigenvalue weighted by Gasteiger charge is -2.25. The molecule has 1 aliphatic heterocycles. The van der Waals surface area contributed by atoms with Crippen molar-refractivity contribution in [2.45, 2.75) is 6.10 Å². The van der Waals surface area contributed by atoms with Crippen LogP contribution in [0.5, 0.6) is 0 Å². The molecule has 20 heavy (non-hydrogen) atoms. The summed E-state index contributed by atoms with van der Waals surface area (Å²) in [5.74, 6) is -1.02. The van der Waals surface area contributed by atoms with Crippen LogP contribution in [0.15, 0.2) is 18.2 Å². The number of benzene rings is 1. The van der Waals surface area contributed by atoms with Gasteiger partial charge in [-0.2, -0.15) is 0 Å². The summed E-state index contributed by atoms with van der Waals surface area (Å²) < 4.78 is 19.1. The lowest BCUT2D eigenvalue weighted by Crippen LogP contribution is -2.36. The summed E-state index contributed by atoms with van der Waals surface area (Å²) in [5, 5.41) is 18.5. The van der Waals surface area contributed by atoms with Gasteiger partial charge in [-0.15, -0.1) is 0 Å². The van der Waals surface area contributed by atoms with E-state index in [1.807, 2.05) is 0 Å². The maximum Gasteiger partial charge on any atom is 0.407 e. The molecule has 1 fully saturated rings. The minimum Gasteiger partial charge on any atom is -0.465 e. The molecule has 1 aromatic rings. The Morgan fingerprint density at radius 1 is 1.55 bits per heavy atom. The van der Waals surface area contributed by atoms with Gasteiger partial charge >= 0.3 is 6.09 Å². The van der Waals surface area contributed by atoms with Gasteiger partial charge in [0.1, 0.15) is 5.82 Å². The molecule has 1 aliphatic rings. The molecule has 0 spiro atoms. The average molecular weight is 304 g/mol. The fourth-order valence-electron chi connectivity index (χ4n) is 2.28. The first-order chi connectivity index (χ1) is 9.52. The van der Waals surface area contributed by atoms with Crippen LogP contribution in [0.3, 0.4) is 0 Å². The molecule has 0 saturated carbocycles. The molecule has 1 amide bonds. The van der Waals surface area contributed by atoms with Crippen LogP contribution in [0.4, 0.5) is 9.18 Å². The lowest BCUT2D eigenvalue weighted by atomic mass is 9.96. The van der Waals surface area contributed by atoms with Gasteiger partial charge in [0.15, 0.2) is 0 Å². The van der Waals surface area contributed by atoms with E-state index in [2.05, 4.69) is 0 Å². The van der Waals surface area contributed by atoms with Gasteiger partial charge in [-0.25, -0.2) is 9.18 Å². The molecule has 2 N–H and O–H groups in total. The third kappa shape index (κ3) is 3.20. The molecule has 5 nitrogen and oxygen atoms in total. The van der Waals surface area contributed by atoms with Gasteiger partial charge in [0.2, 0.25) is 0 Å². The van der Waals surface area contributed by atoms with Crippen molar-refractivity contribution in [3.8, 4) is 0 Å². The zero-order chi connectivity index (χ0) is 14.7. The zero-order valence-electron chi connectivity index (χ0n) is 10.6. The molecule has 7 heteroatoms. The topological polar surface area (TPSA) is 70.0 Å². The van der Waals surface area contributed by atoms with Crippen LogP contribution in [0.2, 0.25) is 5.02 Å². The summed E-state index contributed by atoms with van der Waals surface area (Å²) in [7, 11) is 0. The first-order valence-corrected chi connectivity index (χ1v) is 6.56. The van der Waals surface area contributed by atoms with Gasteiger partial charge in [0.05, 0.1) is 24.3 Å². The molecular formula is C13H15ClFNO4. The number of nitrogens with zero attached hydrogens (tertiary/aromatic N) is 1. The number of carbonyl (C=O) groups is 1. The third-order valence-corrected chi connectivity index (χ3v) is 3.63. The Hall–Kier alpha value is -1.37. The predicted octanol–water partition coefficient (Wildman–Crippen LogP) is 2.14. The number of aliphatic hydroxyl groups is 1. The number of hydrogen-bond acceptors (Lipinski definition) is 3. The van der Waals surface area contributed by atoms with Crippen LogP contribution in [-0.2, 0) is 4.74 Å². The van der Waals surface area contributed by atoms with E-state index < -0.39 is 23.9 Å². The first-order valence-electron chi connectivity index (χ1n) is 6.18. The highest BCUT2D eigenvalue weighted by Crippen LogP contribution is 2.31. The van der Waals surface area contributed by atoms with Gasteiger partial charge < -0.3 is 19.8 Å². The van der Waals surface area contributed by atoms with Crippen molar-refractivity contribution in [3.63, 3.8) is 0 Å². The number of ether oxygens (including phenoxy) is 1. The average Bonchev–Trinajstić information content (AvgIpc) is 2.64. The Morgan fingerprint density at radius 2 is 2.30 bits per heavy atom. The number of hydrogen-bond donors (Lipinski definition) is 2. The smallest absolute Gasteiger partial charge is 0.407 e. The highest BCUT2D eigenvalue weighted by Gasteiger charge is 2.31. The molecule has 1 aromatic carbocycles. The van der Waals surface area contributed by atoms with E-state index in [0.717, 1.165) is 0 Å². The van der Waals surface area contributed by atoms with E-state index in [9.17, 15) is 14.3 Å². The molecule has 1 saturated heterocycles. The normalized spacial score (nSPS) is 23.4. The standard InChI is InChI=1S/C13H15ClFNO4/c14-10-2-1-8(5-11(10)15)12-9(7-17)6-16(13(18)19)3-4-20-12/h1-2,5,9,12,17H,3-4,6-7H2,(H,18,19)/t9-,12?/m1/s1. The van der Waals surface area contributed by atoms with E-state index in [0.29, 0.717) is 5.56 Å². The maximum atomic E-state index is 13.5. The van der Waals surface area contributed by atoms with Gasteiger partial charge in [-0.1, -0.05) is 17.7 Å². The highest BCUT2D eigenvalue weighted by molar-refractivity contribution is 6.30. The molecule has 0 radical (unpaired) electrons. The van der Waals surface area contributed by atoms with Crippen molar-refractivity contribution in [1.82, 2.24) is 4.90 Å². The molecule has 2 atom stereocenters. The van der Waals surface area contributed by atoms with Crippen LogP contribution < -0.4 is 0 Å². The second kappa shape index (κ2) is 6.39. The number of amides is 1. The number of aliphatic hydroxyl groups excluding tert-OH is 1. The Kier molecular flexibility index (Phi) is 4.80. The van der Waals surface area contributed by atoms with E-state index in [1.165, 1.54) is 17.0 Å². The van der Waals surface area contributed by atoms with Crippen molar-refractivity contribution in [3.05, 3.63) is 34.6 Å². The summed E-state index contributed by atoms with van der Waals surface area (Å²) in [4.78, 5) is 12.2. The van der Waals surface area contributed by atoms with E-state index in [4.69, 9.17) is 21.4 Å². The van der Waals surface area contributed by atoms with Gasteiger partial charge in [0.25, 0.3) is 0 Å². The summed E-state index contributed by atoms with van der Waals surface area (Å²) in [6, 6.07) is 4.30. The van der Waals surface area contributed by atoms with Gasteiger partial charge in [-0.3, -0.25) is 0 Å². The third-order valence-electron chi connectivity index (χ3n) is 3.32. The summed E-state index contributed by atoms with van der Waals surface area (Å²) in [5.41, 5.74) is 0.540. The first kappa shape index (κ1) is 15.0. The fraction of sp³-hybridized carbons (Fsp3) is 0.462. The number of halogens is 2. The van der Waals surface area contributed by atoms with E-state index in [1.54, 1.807) is 6.07 Å². The number of carboxylic acid groups (broad SMARTS) is 1. The summed E-state index contributed by atoms with van der Waals surface area (Å²) >= 11 is 5.64. The van der Waals surface area contributed by atoms with Crippen molar-refractivity contribution < 1.29 is 24.1 Å². The Morgan fingerprint density at radius 3 is 2.90 bits per heavy atom. The minimum atomic E-state index is -1.06. The Bertz CT molecular complexity index is 499. The molecular weight excluding hydrogens is 289 g/mol. The second-order valence-corrected chi connectivity index (χ2v) is 5.04. The molecule has 0 bridgehead atoms. The van der Waals surface area contributed by atoms with Gasteiger partial charge in [-0.05, 0) is 17.7 Å². The van der Waals surface area contributed by atoms with Crippen LogP contribution >= 0.6 is 11.6 Å². The van der Waals surface area contributed by atoms with E-state index >= 15 is 0 Å². The monoisotopic (exact) mass is 303 g/mol. The maximum absolute atomic E-state index is 13.5. The van der Waals surface area contributed by atoms with Crippen molar-refractivity contribution in [2.75, 3.05) is 26.3 Å². The molecule has 1 heterocycles. The highest BCUT2D eigenvalue weighted by atomic mass is 35.5. The van der Waals surface area contributed by atoms with Crippen LogP contribution in [0.25, 0.3) is 0 Å².